The number of rotatable bonds is 4. The van der Waals surface area contributed by atoms with Gasteiger partial charge in [-0.3, -0.25) is 9.58 Å². The van der Waals surface area contributed by atoms with Crippen molar-refractivity contribution in [2.75, 3.05) is 13.1 Å². The molecule has 19 heavy (non-hydrogen) atoms. The zero-order chi connectivity index (χ0) is 14.0. The molecule has 2 unspecified atom stereocenters. The van der Waals surface area contributed by atoms with Gasteiger partial charge < -0.3 is 5.32 Å². The van der Waals surface area contributed by atoms with Crippen molar-refractivity contribution in [2.24, 2.45) is 13.0 Å². The van der Waals surface area contributed by atoms with E-state index in [1.807, 2.05) is 13.2 Å². The van der Waals surface area contributed by atoms with Crippen LogP contribution in [0.4, 0.5) is 0 Å². The van der Waals surface area contributed by atoms with Crippen molar-refractivity contribution >= 4 is 0 Å². The Morgan fingerprint density at radius 3 is 2.79 bits per heavy atom. The van der Waals surface area contributed by atoms with Crippen molar-refractivity contribution in [1.82, 2.24) is 25.2 Å². The lowest BCUT2D eigenvalue weighted by atomic mass is 9.89. The maximum atomic E-state index is 4.23. The molecular formula is C14H27N5. The van der Waals surface area contributed by atoms with Gasteiger partial charge in [0.2, 0.25) is 0 Å². The van der Waals surface area contributed by atoms with Crippen LogP contribution in [0.15, 0.2) is 6.20 Å². The van der Waals surface area contributed by atoms with Crippen LogP contribution < -0.4 is 5.32 Å². The fraction of sp³-hybridized carbons (Fsp3) is 0.857. The van der Waals surface area contributed by atoms with Crippen LogP contribution in [0, 0.1) is 5.92 Å². The topological polar surface area (TPSA) is 46.0 Å². The van der Waals surface area contributed by atoms with E-state index in [2.05, 4.69) is 48.2 Å². The Kier molecular flexibility index (Phi) is 4.26. The maximum Gasteiger partial charge on any atom is 0.0967 e. The number of aryl methyl sites for hydroxylation is 1. The van der Waals surface area contributed by atoms with Gasteiger partial charge in [0.15, 0.2) is 0 Å². The molecular weight excluding hydrogens is 238 g/mol. The SMILES string of the molecule is CCC1(C)CNC(C(C)C)CN1Cc1cn(C)nn1. The number of nitrogens with one attached hydrogen (secondary N) is 1. The summed E-state index contributed by atoms with van der Waals surface area (Å²) in [4.78, 5) is 2.57. The van der Waals surface area contributed by atoms with Gasteiger partial charge in [-0.25, -0.2) is 0 Å². The highest BCUT2D eigenvalue weighted by atomic mass is 15.4. The second-order valence-corrected chi connectivity index (χ2v) is 6.35. The predicted octanol–water partition coefficient (Wildman–Crippen LogP) is 1.41. The third-order valence-corrected chi connectivity index (χ3v) is 4.49. The highest BCUT2D eigenvalue weighted by molar-refractivity contribution is 5.00. The van der Waals surface area contributed by atoms with Crippen molar-refractivity contribution in [3.8, 4) is 0 Å². The highest BCUT2D eigenvalue weighted by Gasteiger charge is 2.37. The van der Waals surface area contributed by atoms with E-state index < -0.39 is 0 Å². The smallest absolute Gasteiger partial charge is 0.0967 e. The zero-order valence-corrected chi connectivity index (χ0v) is 12.8. The van der Waals surface area contributed by atoms with Gasteiger partial charge in [0, 0.05) is 44.5 Å². The van der Waals surface area contributed by atoms with Crippen molar-refractivity contribution in [2.45, 2.75) is 52.2 Å². The molecule has 0 aliphatic carbocycles. The molecule has 108 valence electrons. The summed E-state index contributed by atoms with van der Waals surface area (Å²) in [6.07, 6.45) is 3.16. The standard InChI is InChI=1S/C14H27N5/c1-6-14(4)10-15-13(11(2)3)9-19(14)8-12-7-18(5)17-16-12/h7,11,13,15H,6,8-10H2,1-5H3. The Labute approximate surface area is 116 Å². The Morgan fingerprint density at radius 2 is 2.26 bits per heavy atom. The lowest BCUT2D eigenvalue weighted by Crippen LogP contribution is -2.63. The number of aromatic nitrogens is 3. The minimum absolute atomic E-state index is 0.211. The van der Waals surface area contributed by atoms with Crippen molar-refractivity contribution in [3.05, 3.63) is 11.9 Å². The third-order valence-electron chi connectivity index (χ3n) is 4.49. The molecule has 5 nitrogen and oxygen atoms in total. The molecule has 0 bridgehead atoms. The molecule has 1 aliphatic rings. The number of hydrogen-bond donors (Lipinski definition) is 1. The summed E-state index contributed by atoms with van der Waals surface area (Å²) in [5, 5.41) is 12.0. The van der Waals surface area contributed by atoms with Gasteiger partial charge in [0.1, 0.15) is 0 Å². The zero-order valence-electron chi connectivity index (χ0n) is 12.8. The van der Waals surface area contributed by atoms with Gasteiger partial charge in [-0.05, 0) is 19.3 Å². The normalized spacial score (nSPS) is 29.1. The first-order valence-electron chi connectivity index (χ1n) is 7.28. The molecule has 1 saturated heterocycles. The molecule has 2 rings (SSSR count). The van der Waals surface area contributed by atoms with Crippen LogP contribution in [-0.2, 0) is 13.6 Å². The molecule has 5 heteroatoms. The first kappa shape index (κ1) is 14.5. The Balaban J connectivity index is 2.11. The fourth-order valence-electron chi connectivity index (χ4n) is 2.70. The van der Waals surface area contributed by atoms with E-state index in [4.69, 9.17) is 0 Å². The van der Waals surface area contributed by atoms with E-state index in [0.717, 1.165) is 31.7 Å². The van der Waals surface area contributed by atoms with Crippen LogP contribution in [0.1, 0.15) is 39.8 Å². The Bertz CT molecular complexity index is 414. The third kappa shape index (κ3) is 3.15. The van der Waals surface area contributed by atoms with E-state index in [9.17, 15) is 0 Å². The van der Waals surface area contributed by atoms with Gasteiger partial charge >= 0.3 is 0 Å². The Hall–Kier alpha value is -0.940. The molecule has 1 fully saturated rings. The lowest BCUT2D eigenvalue weighted by molar-refractivity contribution is 0.0306. The Morgan fingerprint density at radius 1 is 1.53 bits per heavy atom. The molecule has 0 radical (unpaired) electrons. The number of piperazine rings is 1. The quantitative estimate of drug-likeness (QED) is 0.894. The summed E-state index contributed by atoms with van der Waals surface area (Å²) < 4.78 is 1.78. The molecule has 1 aromatic heterocycles. The molecule has 2 atom stereocenters. The molecule has 1 N–H and O–H groups in total. The number of hydrogen-bond acceptors (Lipinski definition) is 4. The largest absolute Gasteiger partial charge is 0.311 e. The highest BCUT2D eigenvalue weighted by Crippen LogP contribution is 2.26. The van der Waals surface area contributed by atoms with E-state index in [1.165, 1.54) is 0 Å². The van der Waals surface area contributed by atoms with Gasteiger partial charge in [-0.1, -0.05) is 26.0 Å². The summed E-state index contributed by atoms with van der Waals surface area (Å²) in [7, 11) is 1.92. The maximum absolute atomic E-state index is 4.23. The molecule has 1 aliphatic heterocycles. The number of nitrogens with zero attached hydrogens (tertiary/aromatic N) is 4. The minimum atomic E-state index is 0.211. The summed E-state index contributed by atoms with van der Waals surface area (Å²) in [5.74, 6) is 0.658. The molecule has 1 aromatic rings. The van der Waals surface area contributed by atoms with Crippen LogP contribution in [0.3, 0.4) is 0 Å². The molecule has 0 spiro atoms. The van der Waals surface area contributed by atoms with Crippen LogP contribution in [0.2, 0.25) is 0 Å². The summed E-state index contributed by atoms with van der Waals surface area (Å²) in [6.45, 7) is 12.2. The second-order valence-electron chi connectivity index (χ2n) is 6.35. The first-order chi connectivity index (χ1) is 8.94. The van der Waals surface area contributed by atoms with Gasteiger partial charge in [0.25, 0.3) is 0 Å². The van der Waals surface area contributed by atoms with Crippen molar-refractivity contribution in [3.63, 3.8) is 0 Å². The van der Waals surface area contributed by atoms with Crippen molar-refractivity contribution < 1.29 is 0 Å². The average Bonchev–Trinajstić information content (AvgIpc) is 2.77. The summed E-state index contributed by atoms with van der Waals surface area (Å²) >= 11 is 0. The minimum Gasteiger partial charge on any atom is -0.311 e. The summed E-state index contributed by atoms with van der Waals surface area (Å²) in [6, 6.07) is 0.566. The van der Waals surface area contributed by atoms with Crippen LogP contribution >= 0.6 is 0 Å². The van der Waals surface area contributed by atoms with E-state index in [-0.39, 0.29) is 5.54 Å². The lowest BCUT2D eigenvalue weighted by Gasteiger charge is -2.48. The molecule has 2 heterocycles. The van der Waals surface area contributed by atoms with Crippen molar-refractivity contribution in [1.29, 1.82) is 0 Å². The predicted molar refractivity (Wildman–Crippen MR) is 76.7 cm³/mol. The van der Waals surface area contributed by atoms with Gasteiger partial charge in [0.05, 0.1) is 5.69 Å². The van der Waals surface area contributed by atoms with E-state index in [1.54, 1.807) is 4.68 Å². The summed E-state index contributed by atoms with van der Waals surface area (Å²) in [5.41, 5.74) is 1.27. The molecule has 0 aromatic carbocycles. The first-order valence-corrected chi connectivity index (χ1v) is 7.28. The average molecular weight is 265 g/mol. The fourth-order valence-corrected chi connectivity index (χ4v) is 2.70. The monoisotopic (exact) mass is 265 g/mol. The van der Waals surface area contributed by atoms with Crippen LogP contribution in [0.5, 0.6) is 0 Å². The van der Waals surface area contributed by atoms with E-state index in [0.29, 0.717) is 12.0 Å². The van der Waals surface area contributed by atoms with Gasteiger partial charge in [-0.15, -0.1) is 5.10 Å². The van der Waals surface area contributed by atoms with Crippen LogP contribution in [0.25, 0.3) is 0 Å². The van der Waals surface area contributed by atoms with Gasteiger partial charge in [-0.2, -0.15) is 0 Å². The van der Waals surface area contributed by atoms with Crippen LogP contribution in [-0.4, -0.2) is 44.6 Å². The molecule has 0 saturated carbocycles. The van der Waals surface area contributed by atoms with E-state index >= 15 is 0 Å². The molecule has 0 amide bonds. The second kappa shape index (κ2) is 5.59.